The molecule has 0 fully saturated rings. The minimum Gasteiger partial charge on any atom is -0.311 e. The van der Waals surface area contributed by atoms with E-state index in [2.05, 4.69) is 281 Å². The summed E-state index contributed by atoms with van der Waals surface area (Å²) in [6.07, 6.45) is 0. The highest BCUT2D eigenvalue weighted by Crippen LogP contribution is 2.51. The summed E-state index contributed by atoms with van der Waals surface area (Å²) < 4.78 is 0. The third-order valence-corrected chi connectivity index (χ3v) is 13.8. The van der Waals surface area contributed by atoms with Crippen LogP contribution in [-0.4, -0.2) is 6.71 Å². The van der Waals surface area contributed by atoms with Crippen LogP contribution >= 0.6 is 0 Å². The lowest BCUT2D eigenvalue weighted by Gasteiger charge is -2.46. The number of rotatable bonds is 8. The van der Waals surface area contributed by atoms with Gasteiger partial charge in [-0.25, -0.2) is 0 Å². The van der Waals surface area contributed by atoms with Crippen molar-refractivity contribution in [3.63, 3.8) is 0 Å². The third-order valence-electron chi connectivity index (χ3n) is 13.8. The summed E-state index contributed by atoms with van der Waals surface area (Å²) in [5, 5.41) is 4.83. The van der Waals surface area contributed by atoms with Gasteiger partial charge < -0.3 is 19.6 Å². The molecular weight excluding hydrogens is 824 g/mol. The summed E-state index contributed by atoms with van der Waals surface area (Å²) in [5.41, 5.74) is 18.7. The van der Waals surface area contributed by atoms with Gasteiger partial charge in [-0.1, -0.05) is 158 Å². The zero-order valence-electron chi connectivity index (χ0n) is 37.6. The number of hydrogen-bond donors (Lipinski definition) is 0. The summed E-state index contributed by atoms with van der Waals surface area (Å²) in [6, 6.07) is 93.1. The molecule has 0 N–H and O–H groups in total. The van der Waals surface area contributed by atoms with E-state index in [-0.39, 0.29) is 6.71 Å². The Labute approximate surface area is 397 Å². The van der Waals surface area contributed by atoms with E-state index in [1.54, 1.807) is 0 Å². The molecule has 68 heavy (non-hydrogen) atoms. The second-order valence-corrected chi connectivity index (χ2v) is 17.8. The maximum Gasteiger partial charge on any atom is 0.253 e. The zero-order chi connectivity index (χ0) is 45.1. The van der Waals surface area contributed by atoms with Crippen molar-refractivity contribution in [1.29, 1.82) is 0 Å². The molecular formula is C63H45BN4. The predicted octanol–water partition coefficient (Wildman–Crippen LogP) is 15.3. The van der Waals surface area contributed by atoms with Gasteiger partial charge in [0.1, 0.15) is 0 Å². The van der Waals surface area contributed by atoms with Crippen LogP contribution in [0.5, 0.6) is 0 Å². The third kappa shape index (κ3) is 6.31. The van der Waals surface area contributed by atoms with Crippen LogP contribution in [0.1, 0.15) is 5.56 Å². The van der Waals surface area contributed by atoms with Gasteiger partial charge in [-0.15, -0.1) is 0 Å². The molecule has 0 aliphatic carbocycles. The van der Waals surface area contributed by atoms with Crippen LogP contribution in [-0.2, 0) is 0 Å². The second-order valence-electron chi connectivity index (χ2n) is 17.8. The van der Waals surface area contributed by atoms with Crippen LogP contribution in [0.25, 0.3) is 21.5 Å². The van der Waals surface area contributed by atoms with E-state index in [0.717, 1.165) is 45.5 Å². The Kier molecular flexibility index (Phi) is 9.46. The Morgan fingerprint density at radius 2 is 0.574 bits per heavy atom. The Balaban J connectivity index is 1.19. The molecule has 0 aromatic heterocycles. The number of hydrogen-bond acceptors (Lipinski definition) is 4. The number of fused-ring (bicyclic) bond motifs is 8. The van der Waals surface area contributed by atoms with Gasteiger partial charge in [-0.05, 0) is 137 Å². The number of nitrogens with zero attached hydrogens (tertiary/aromatic N) is 4. The standard InChI is InChI=1S/C63H45BN4/c1-44-40-57-63-58(41-44)68(50-34-18-7-19-35-50)60-43-56(66(47-28-12-4-13-29-47)48-30-14-5-15-31-48)52-37-21-23-39-54(52)62(60)64(63)61-53-38-22-20-36-51(53)55(42-59(61)67(57)49-32-16-6-17-33-49)65(45-24-8-2-9-25-45)46-26-10-3-11-27-46/h2-43H,1H3. The molecule has 0 amide bonds. The van der Waals surface area contributed by atoms with Crippen molar-refractivity contribution in [2.45, 2.75) is 6.92 Å². The molecule has 0 bridgehead atoms. The fourth-order valence-electron chi connectivity index (χ4n) is 11.1. The molecule has 0 unspecified atom stereocenters. The van der Waals surface area contributed by atoms with Crippen molar-refractivity contribution in [1.82, 2.24) is 0 Å². The minimum atomic E-state index is -0.132. The molecule has 0 spiro atoms. The lowest BCUT2D eigenvalue weighted by Crippen LogP contribution is -2.62. The first-order valence-corrected chi connectivity index (χ1v) is 23.5. The molecule has 320 valence electrons. The average Bonchev–Trinajstić information content (AvgIpc) is 3.40. The Morgan fingerprint density at radius 3 is 0.912 bits per heavy atom. The highest BCUT2D eigenvalue weighted by atomic mass is 15.2. The van der Waals surface area contributed by atoms with Gasteiger partial charge in [-0.3, -0.25) is 0 Å². The maximum atomic E-state index is 2.54. The first-order valence-electron chi connectivity index (χ1n) is 23.5. The highest BCUT2D eigenvalue weighted by molar-refractivity contribution is 7.03. The molecule has 11 aromatic carbocycles. The summed E-state index contributed by atoms with van der Waals surface area (Å²) >= 11 is 0. The number of benzene rings is 11. The molecule has 0 atom stereocenters. The van der Waals surface area contributed by atoms with Crippen molar-refractivity contribution in [3.05, 3.63) is 260 Å². The first-order chi connectivity index (χ1) is 33.7. The minimum absolute atomic E-state index is 0.132. The number of aryl methyl sites for hydroxylation is 1. The van der Waals surface area contributed by atoms with E-state index in [0.29, 0.717) is 0 Å². The monoisotopic (exact) mass is 868 g/mol. The molecule has 2 aliphatic rings. The number of anilines is 12. The molecule has 5 heteroatoms. The summed E-state index contributed by atoms with van der Waals surface area (Å²) in [6.45, 7) is 2.12. The molecule has 4 nitrogen and oxygen atoms in total. The van der Waals surface area contributed by atoms with Crippen molar-refractivity contribution >= 4 is 113 Å². The van der Waals surface area contributed by atoms with Gasteiger partial charge in [0.15, 0.2) is 0 Å². The van der Waals surface area contributed by atoms with Gasteiger partial charge in [-0.2, -0.15) is 0 Å². The van der Waals surface area contributed by atoms with Gasteiger partial charge >= 0.3 is 0 Å². The van der Waals surface area contributed by atoms with Crippen LogP contribution in [0.2, 0.25) is 0 Å². The van der Waals surface area contributed by atoms with Gasteiger partial charge in [0, 0.05) is 67.6 Å². The van der Waals surface area contributed by atoms with E-state index in [4.69, 9.17) is 0 Å². The second kappa shape index (κ2) is 16.3. The topological polar surface area (TPSA) is 13.0 Å². The predicted molar refractivity (Wildman–Crippen MR) is 290 cm³/mol. The van der Waals surface area contributed by atoms with Crippen LogP contribution < -0.4 is 36.0 Å². The van der Waals surface area contributed by atoms with Gasteiger partial charge in [0.25, 0.3) is 6.71 Å². The SMILES string of the molecule is Cc1cc2c3c(c1)N(c1ccccc1)c1cc(N(c4ccccc4)c4ccccc4)c4ccccc4c1B3c1c(cc(N(c3ccccc3)c3ccccc3)c3ccccc13)N2c1ccccc1. The molecule has 0 radical (unpaired) electrons. The van der Waals surface area contributed by atoms with Crippen LogP contribution in [0, 0.1) is 6.92 Å². The summed E-state index contributed by atoms with van der Waals surface area (Å²) in [5.74, 6) is 0. The van der Waals surface area contributed by atoms with Gasteiger partial charge in [0.2, 0.25) is 0 Å². The highest BCUT2D eigenvalue weighted by Gasteiger charge is 2.46. The van der Waals surface area contributed by atoms with E-state index in [9.17, 15) is 0 Å². The van der Waals surface area contributed by atoms with E-state index in [1.807, 2.05) is 0 Å². The Bertz CT molecular complexity index is 3330. The molecule has 2 aliphatic heterocycles. The average molecular weight is 869 g/mol. The van der Waals surface area contributed by atoms with Gasteiger partial charge in [0.05, 0.1) is 11.4 Å². The molecule has 2 heterocycles. The quantitative estimate of drug-likeness (QED) is 0.141. The Hall–Kier alpha value is -8.80. The first kappa shape index (κ1) is 39.6. The van der Waals surface area contributed by atoms with Crippen molar-refractivity contribution in [2.24, 2.45) is 0 Å². The fraction of sp³-hybridized carbons (Fsp3) is 0.0159. The smallest absolute Gasteiger partial charge is 0.253 e. The number of para-hydroxylation sites is 6. The normalized spacial score (nSPS) is 12.4. The van der Waals surface area contributed by atoms with Crippen molar-refractivity contribution in [3.8, 4) is 0 Å². The summed E-state index contributed by atoms with van der Waals surface area (Å²) in [7, 11) is 0. The van der Waals surface area contributed by atoms with Crippen LogP contribution in [0.3, 0.4) is 0 Å². The van der Waals surface area contributed by atoms with Crippen LogP contribution in [0.15, 0.2) is 255 Å². The lowest BCUT2D eigenvalue weighted by molar-refractivity contribution is 1.23. The van der Waals surface area contributed by atoms with Crippen molar-refractivity contribution < 1.29 is 0 Å². The van der Waals surface area contributed by atoms with E-state index < -0.39 is 0 Å². The largest absolute Gasteiger partial charge is 0.311 e. The van der Waals surface area contributed by atoms with Crippen molar-refractivity contribution in [2.75, 3.05) is 19.6 Å². The van der Waals surface area contributed by atoms with E-state index >= 15 is 0 Å². The Morgan fingerprint density at radius 1 is 0.294 bits per heavy atom. The molecule has 13 rings (SSSR count). The zero-order valence-corrected chi connectivity index (χ0v) is 37.6. The lowest BCUT2D eigenvalue weighted by atomic mass is 9.32. The fourth-order valence-corrected chi connectivity index (χ4v) is 11.1. The molecule has 0 saturated heterocycles. The summed E-state index contributed by atoms with van der Waals surface area (Å²) in [4.78, 5) is 9.94. The maximum absolute atomic E-state index is 2.54. The molecule has 11 aromatic rings. The van der Waals surface area contributed by atoms with Crippen LogP contribution in [0.4, 0.5) is 68.2 Å². The van der Waals surface area contributed by atoms with E-state index in [1.165, 1.54) is 66.2 Å². The molecule has 0 saturated carbocycles.